The summed E-state index contributed by atoms with van der Waals surface area (Å²) in [4.78, 5) is 20.7. The average Bonchev–Trinajstić information content (AvgIpc) is 2.86. The number of hydrogen-bond acceptors (Lipinski definition) is 9. The van der Waals surface area contributed by atoms with E-state index in [2.05, 4.69) is 25.3 Å². The second kappa shape index (κ2) is 11.3. The van der Waals surface area contributed by atoms with Crippen LogP contribution in [0.2, 0.25) is 0 Å². The summed E-state index contributed by atoms with van der Waals surface area (Å²) in [5.74, 6) is 0.248. The highest BCUT2D eigenvalue weighted by Crippen LogP contribution is 2.36. The van der Waals surface area contributed by atoms with Gasteiger partial charge in [-0.3, -0.25) is 15.2 Å². The first-order valence-electron chi connectivity index (χ1n) is 10.3. The maximum atomic E-state index is 12.4. The topological polar surface area (TPSA) is 128 Å². The van der Waals surface area contributed by atoms with Crippen LogP contribution in [0.5, 0.6) is 23.0 Å². The summed E-state index contributed by atoms with van der Waals surface area (Å²) in [7, 11) is 4.42. The zero-order valence-corrected chi connectivity index (χ0v) is 19.4. The van der Waals surface area contributed by atoms with Gasteiger partial charge in [0.25, 0.3) is 5.91 Å². The first-order chi connectivity index (χ1) is 17.1. The van der Waals surface area contributed by atoms with Gasteiger partial charge in [0.05, 0.1) is 25.9 Å². The molecule has 0 saturated carbocycles. The van der Waals surface area contributed by atoms with E-state index in [9.17, 15) is 18.0 Å². The fourth-order valence-corrected chi connectivity index (χ4v) is 2.95. The third-order valence-corrected chi connectivity index (χ3v) is 4.55. The molecule has 0 radical (unpaired) electrons. The molecule has 0 bridgehead atoms. The van der Waals surface area contributed by atoms with Crippen molar-refractivity contribution in [1.82, 2.24) is 15.3 Å². The lowest BCUT2D eigenvalue weighted by atomic mass is 10.2. The van der Waals surface area contributed by atoms with Crippen molar-refractivity contribution in [3.8, 4) is 23.0 Å². The van der Waals surface area contributed by atoms with Crippen LogP contribution in [-0.4, -0.2) is 55.6 Å². The van der Waals surface area contributed by atoms with Crippen molar-refractivity contribution in [3.05, 3.63) is 54.7 Å². The van der Waals surface area contributed by atoms with Crippen molar-refractivity contribution in [3.63, 3.8) is 0 Å². The van der Waals surface area contributed by atoms with Crippen molar-refractivity contribution in [2.24, 2.45) is 0 Å². The molecule has 0 aliphatic heterocycles. The smallest absolute Gasteiger partial charge is 0.422 e. The number of nitrogens with one attached hydrogen (secondary N) is 3. The van der Waals surface area contributed by atoms with Crippen LogP contribution in [0, 0.1) is 5.41 Å². The van der Waals surface area contributed by atoms with Gasteiger partial charge in [-0.25, -0.2) is 4.98 Å². The lowest BCUT2D eigenvalue weighted by molar-refractivity contribution is -0.163. The van der Waals surface area contributed by atoms with Crippen molar-refractivity contribution in [1.29, 1.82) is 5.41 Å². The second-order valence-electron chi connectivity index (χ2n) is 7.04. The van der Waals surface area contributed by atoms with E-state index >= 15 is 0 Å². The Morgan fingerprint density at radius 3 is 2.42 bits per heavy atom. The number of methoxy groups -OCH3 is 2. The molecule has 3 aromatic rings. The Morgan fingerprint density at radius 1 is 1.08 bits per heavy atom. The van der Waals surface area contributed by atoms with Gasteiger partial charge in [-0.2, -0.15) is 13.2 Å². The fraction of sp³-hybridized carbons (Fsp3) is 0.217. The summed E-state index contributed by atoms with van der Waals surface area (Å²) in [5.41, 5.74) is -0.206. The number of carbonyl (C=O) groups excluding carboxylic acids is 1. The molecule has 0 atom stereocenters. The summed E-state index contributed by atoms with van der Waals surface area (Å²) in [6.07, 6.45) is -0.759. The third kappa shape index (κ3) is 6.52. The van der Waals surface area contributed by atoms with Crippen LogP contribution in [0.4, 0.5) is 19.0 Å². The Morgan fingerprint density at radius 2 is 1.81 bits per heavy atom. The molecule has 1 aromatic carbocycles. The van der Waals surface area contributed by atoms with Gasteiger partial charge in [0.1, 0.15) is 17.3 Å². The molecule has 0 unspecified atom stereocenters. The second-order valence-corrected chi connectivity index (χ2v) is 7.04. The number of benzene rings is 1. The molecule has 0 saturated heterocycles. The lowest BCUT2D eigenvalue weighted by Gasteiger charge is -2.14. The average molecular weight is 505 g/mol. The number of halogens is 3. The van der Waals surface area contributed by atoms with Gasteiger partial charge in [-0.05, 0) is 24.3 Å². The Balaban J connectivity index is 1.72. The van der Waals surface area contributed by atoms with Crippen molar-refractivity contribution in [2.75, 3.05) is 33.2 Å². The minimum atomic E-state index is -4.63. The van der Waals surface area contributed by atoms with Crippen LogP contribution in [0.15, 0.2) is 54.7 Å². The van der Waals surface area contributed by atoms with E-state index in [1.807, 2.05) is 0 Å². The number of aromatic nitrogens is 2. The van der Waals surface area contributed by atoms with Crippen LogP contribution in [0.1, 0.15) is 0 Å². The van der Waals surface area contributed by atoms with E-state index in [0.29, 0.717) is 33.9 Å². The summed E-state index contributed by atoms with van der Waals surface area (Å²) in [5, 5.41) is 13.3. The molecule has 1 amide bonds. The van der Waals surface area contributed by atoms with Crippen LogP contribution in [-0.2, 0) is 9.53 Å². The SMILES string of the molecule is CN/C=C(/OCC(F)(F)F)C(=N)C(=O)Nc1ccc(Oc2ccnc3cc(OC)c(OC)cc23)cn1. The van der Waals surface area contributed by atoms with Gasteiger partial charge >= 0.3 is 6.18 Å². The van der Waals surface area contributed by atoms with Crippen LogP contribution in [0.25, 0.3) is 10.9 Å². The number of anilines is 1. The van der Waals surface area contributed by atoms with Gasteiger partial charge in [0, 0.05) is 30.9 Å². The molecule has 0 spiro atoms. The Kier molecular flexibility index (Phi) is 8.14. The summed E-state index contributed by atoms with van der Waals surface area (Å²) >= 11 is 0. The molecular weight excluding hydrogens is 483 g/mol. The highest BCUT2D eigenvalue weighted by molar-refractivity contribution is 6.47. The number of nitrogens with zero attached hydrogens (tertiary/aromatic N) is 2. The first-order valence-corrected chi connectivity index (χ1v) is 10.3. The predicted octanol–water partition coefficient (Wildman–Crippen LogP) is 4.04. The van der Waals surface area contributed by atoms with Gasteiger partial charge in [0.2, 0.25) is 0 Å². The number of alkyl halides is 3. The van der Waals surface area contributed by atoms with Gasteiger partial charge in [0.15, 0.2) is 29.6 Å². The Hall–Kier alpha value is -4.55. The van der Waals surface area contributed by atoms with Crippen LogP contribution >= 0.6 is 0 Å². The Bertz CT molecular complexity index is 1280. The molecule has 190 valence electrons. The van der Waals surface area contributed by atoms with Gasteiger partial charge < -0.3 is 29.6 Å². The highest BCUT2D eigenvalue weighted by atomic mass is 19.4. The maximum Gasteiger partial charge on any atom is 0.422 e. The number of carbonyl (C=O) groups is 1. The quantitative estimate of drug-likeness (QED) is 0.278. The van der Waals surface area contributed by atoms with E-state index in [0.717, 1.165) is 6.20 Å². The maximum absolute atomic E-state index is 12.4. The summed E-state index contributed by atoms with van der Waals surface area (Å²) in [6, 6.07) is 8.01. The molecule has 3 N–H and O–H groups in total. The van der Waals surface area contributed by atoms with Crippen molar-refractivity contribution >= 4 is 28.3 Å². The monoisotopic (exact) mass is 505 g/mol. The molecule has 36 heavy (non-hydrogen) atoms. The van der Waals surface area contributed by atoms with E-state index in [1.54, 1.807) is 24.4 Å². The number of ether oxygens (including phenoxy) is 4. The molecule has 2 aromatic heterocycles. The molecule has 2 heterocycles. The van der Waals surface area contributed by atoms with Gasteiger partial charge in [-0.1, -0.05) is 0 Å². The van der Waals surface area contributed by atoms with Crippen LogP contribution in [0.3, 0.4) is 0 Å². The van der Waals surface area contributed by atoms with E-state index in [1.165, 1.54) is 39.6 Å². The number of rotatable bonds is 10. The number of amides is 1. The number of hydrogen-bond donors (Lipinski definition) is 3. The highest BCUT2D eigenvalue weighted by Gasteiger charge is 2.30. The fourth-order valence-electron chi connectivity index (χ4n) is 2.95. The first kappa shape index (κ1) is 26.1. The van der Waals surface area contributed by atoms with Crippen molar-refractivity contribution in [2.45, 2.75) is 6.18 Å². The van der Waals surface area contributed by atoms with Crippen molar-refractivity contribution < 1.29 is 36.9 Å². The molecule has 0 fully saturated rings. The zero-order chi connectivity index (χ0) is 26.3. The molecule has 13 heteroatoms. The molecule has 3 rings (SSSR count). The Labute approximate surface area is 203 Å². The molecule has 10 nitrogen and oxygen atoms in total. The largest absolute Gasteiger partial charge is 0.493 e. The zero-order valence-electron chi connectivity index (χ0n) is 19.4. The van der Waals surface area contributed by atoms with E-state index in [4.69, 9.17) is 19.6 Å². The minimum Gasteiger partial charge on any atom is -0.493 e. The lowest BCUT2D eigenvalue weighted by Crippen LogP contribution is -2.28. The van der Waals surface area contributed by atoms with Crippen LogP contribution < -0.4 is 24.8 Å². The van der Waals surface area contributed by atoms with E-state index < -0.39 is 30.2 Å². The standard InChI is InChI=1S/C23H22F3N5O5/c1-28-11-19(35-12-23(24,25)26)21(27)22(32)31-20-5-4-13(10-30-20)36-16-6-7-29-15-9-18(34-3)17(33-2)8-14(15)16/h4-11,27-28H,12H2,1-3H3,(H,30,31,32)/b19-11+,27-21?. The molecular formula is C23H22F3N5O5. The van der Waals surface area contributed by atoms with E-state index in [-0.39, 0.29) is 5.82 Å². The molecule has 0 aliphatic rings. The summed E-state index contributed by atoms with van der Waals surface area (Å²) < 4.78 is 58.4. The molecule has 0 aliphatic carbocycles. The number of pyridine rings is 2. The number of fused-ring (bicyclic) bond motifs is 1. The normalized spacial score (nSPS) is 11.6. The minimum absolute atomic E-state index is 0.0442. The van der Waals surface area contributed by atoms with Gasteiger partial charge in [-0.15, -0.1) is 0 Å². The predicted molar refractivity (Wildman–Crippen MR) is 125 cm³/mol. The summed E-state index contributed by atoms with van der Waals surface area (Å²) in [6.45, 7) is -1.65. The third-order valence-electron chi connectivity index (χ3n) is 4.55.